The van der Waals surface area contributed by atoms with E-state index in [1.807, 2.05) is 12.1 Å². The first-order valence-electron chi connectivity index (χ1n) is 5.95. The molecule has 1 fully saturated rings. The topological polar surface area (TPSA) is 41.5 Å². The molecule has 1 aliphatic rings. The van der Waals surface area contributed by atoms with Crippen molar-refractivity contribution in [2.24, 2.45) is 5.92 Å². The Balaban J connectivity index is 1.51. The summed E-state index contributed by atoms with van der Waals surface area (Å²) >= 11 is 7.39. The van der Waals surface area contributed by atoms with Crippen molar-refractivity contribution in [3.05, 3.63) is 21.3 Å². The van der Waals surface area contributed by atoms with Crippen LogP contribution in [-0.2, 0) is 11.3 Å². The normalized spacial score (nSPS) is 17.3. The van der Waals surface area contributed by atoms with Crippen LogP contribution in [-0.4, -0.2) is 31.0 Å². The van der Waals surface area contributed by atoms with Crippen LogP contribution in [0.3, 0.4) is 0 Å². The fourth-order valence-corrected chi connectivity index (χ4v) is 2.58. The number of aliphatic hydroxyl groups is 1. The highest BCUT2D eigenvalue weighted by Gasteiger charge is 2.21. The Morgan fingerprint density at radius 1 is 1.53 bits per heavy atom. The summed E-state index contributed by atoms with van der Waals surface area (Å²) in [6.07, 6.45) is 2.14. The minimum atomic E-state index is -0.427. The number of ether oxygens (including phenoxy) is 1. The molecule has 2 rings (SSSR count). The van der Waals surface area contributed by atoms with Gasteiger partial charge in [-0.05, 0) is 30.9 Å². The monoisotopic (exact) mass is 275 g/mol. The largest absolute Gasteiger partial charge is 0.389 e. The maximum Gasteiger partial charge on any atom is 0.0931 e. The van der Waals surface area contributed by atoms with Crippen LogP contribution in [0, 0.1) is 5.92 Å². The van der Waals surface area contributed by atoms with Crippen molar-refractivity contribution in [3.8, 4) is 0 Å². The summed E-state index contributed by atoms with van der Waals surface area (Å²) < 4.78 is 6.22. The first-order valence-corrected chi connectivity index (χ1v) is 7.14. The van der Waals surface area contributed by atoms with Gasteiger partial charge in [0.1, 0.15) is 0 Å². The second kappa shape index (κ2) is 6.71. The lowest BCUT2D eigenvalue weighted by Crippen LogP contribution is -2.30. The van der Waals surface area contributed by atoms with Gasteiger partial charge in [0.15, 0.2) is 0 Å². The lowest BCUT2D eigenvalue weighted by Gasteiger charge is -2.11. The van der Waals surface area contributed by atoms with E-state index in [1.54, 1.807) is 11.3 Å². The standard InChI is InChI=1S/C12H18ClNO2S/c13-12-4-3-11(17-12)6-14-5-10(15)8-16-7-9-1-2-9/h3-4,9-10,14-15H,1-2,5-8H2. The van der Waals surface area contributed by atoms with E-state index in [4.69, 9.17) is 16.3 Å². The number of hydrogen-bond donors (Lipinski definition) is 2. The predicted octanol–water partition coefficient (Wildman–Crippen LogP) is 2.28. The van der Waals surface area contributed by atoms with Crippen molar-refractivity contribution in [2.45, 2.75) is 25.5 Å². The summed E-state index contributed by atoms with van der Waals surface area (Å²) in [6, 6.07) is 3.88. The first kappa shape index (κ1) is 13.3. The third kappa shape index (κ3) is 5.36. The van der Waals surface area contributed by atoms with Gasteiger partial charge in [0.05, 0.1) is 17.0 Å². The average Bonchev–Trinajstić information content (AvgIpc) is 3.02. The Morgan fingerprint density at radius 2 is 2.35 bits per heavy atom. The van der Waals surface area contributed by atoms with Crippen LogP contribution in [0.25, 0.3) is 0 Å². The molecule has 0 radical (unpaired) electrons. The maximum absolute atomic E-state index is 9.66. The molecule has 1 atom stereocenters. The van der Waals surface area contributed by atoms with Gasteiger partial charge in [-0.1, -0.05) is 11.6 Å². The highest BCUT2D eigenvalue weighted by molar-refractivity contribution is 7.16. The summed E-state index contributed by atoms with van der Waals surface area (Å²) in [7, 11) is 0. The number of halogens is 1. The van der Waals surface area contributed by atoms with Crippen LogP contribution >= 0.6 is 22.9 Å². The highest BCUT2D eigenvalue weighted by Crippen LogP contribution is 2.28. The molecule has 1 heterocycles. The molecular weight excluding hydrogens is 258 g/mol. The van der Waals surface area contributed by atoms with E-state index in [0.717, 1.165) is 23.4 Å². The van der Waals surface area contributed by atoms with E-state index >= 15 is 0 Å². The van der Waals surface area contributed by atoms with Crippen molar-refractivity contribution in [2.75, 3.05) is 19.8 Å². The maximum atomic E-state index is 9.66. The lowest BCUT2D eigenvalue weighted by atomic mass is 10.3. The van der Waals surface area contributed by atoms with E-state index < -0.39 is 6.10 Å². The lowest BCUT2D eigenvalue weighted by molar-refractivity contribution is 0.0324. The zero-order valence-electron chi connectivity index (χ0n) is 9.69. The smallest absolute Gasteiger partial charge is 0.0931 e. The number of rotatable bonds is 8. The number of aliphatic hydroxyl groups excluding tert-OH is 1. The molecule has 1 aliphatic carbocycles. The molecule has 5 heteroatoms. The van der Waals surface area contributed by atoms with E-state index in [9.17, 15) is 5.11 Å². The third-order valence-corrected chi connectivity index (χ3v) is 3.90. The SMILES string of the molecule is OC(CNCc1ccc(Cl)s1)COCC1CC1. The highest BCUT2D eigenvalue weighted by atomic mass is 35.5. The quantitative estimate of drug-likeness (QED) is 0.765. The Kier molecular flexibility index (Phi) is 5.25. The number of thiophene rings is 1. The molecule has 1 unspecified atom stereocenters. The molecule has 0 aliphatic heterocycles. The van der Waals surface area contributed by atoms with Crippen LogP contribution < -0.4 is 5.32 Å². The molecule has 17 heavy (non-hydrogen) atoms. The molecule has 1 aromatic rings. The molecule has 0 spiro atoms. The Hall–Kier alpha value is -0.130. The molecule has 1 saturated carbocycles. The van der Waals surface area contributed by atoms with Crippen LogP contribution in [0.4, 0.5) is 0 Å². The van der Waals surface area contributed by atoms with Gasteiger partial charge in [-0.25, -0.2) is 0 Å². The van der Waals surface area contributed by atoms with Crippen LogP contribution in [0.15, 0.2) is 12.1 Å². The Morgan fingerprint density at radius 3 is 3.00 bits per heavy atom. The van der Waals surface area contributed by atoms with Crippen molar-refractivity contribution in [3.63, 3.8) is 0 Å². The minimum absolute atomic E-state index is 0.425. The van der Waals surface area contributed by atoms with Gasteiger partial charge in [-0.3, -0.25) is 0 Å². The van der Waals surface area contributed by atoms with Crippen molar-refractivity contribution < 1.29 is 9.84 Å². The summed E-state index contributed by atoms with van der Waals surface area (Å²) in [5.74, 6) is 0.753. The molecule has 1 aromatic heterocycles. The van der Waals surface area contributed by atoms with Crippen LogP contribution in [0.5, 0.6) is 0 Å². The van der Waals surface area contributed by atoms with Crippen LogP contribution in [0.1, 0.15) is 17.7 Å². The summed E-state index contributed by atoms with van der Waals surface area (Å²) in [5.41, 5.74) is 0. The Labute approximate surface area is 111 Å². The molecule has 96 valence electrons. The zero-order chi connectivity index (χ0) is 12.1. The molecule has 3 nitrogen and oxygen atoms in total. The van der Waals surface area contributed by atoms with Gasteiger partial charge in [0, 0.05) is 24.6 Å². The molecule has 0 saturated heterocycles. The second-order valence-corrected chi connectivity index (χ2v) is 6.27. The van der Waals surface area contributed by atoms with E-state index in [1.165, 1.54) is 17.7 Å². The number of hydrogen-bond acceptors (Lipinski definition) is 4. The van der Waals surface area contributed by atoms with Gasteiger partial charge in [-0.15, -0.1) is 11.3 Å². The molecular formula is C12H18ClNO2S. The van der Waals surface area contributed by atoms with Crippen LogP contribution in [0.2, 0.25) is 4.34 Å². The van der Waals surface area contributed by atoms with Gasteiger partial charge in [0.2, 0.25) is 0 Å². The van der Waals surface area contributed by atoms with Gasteiger partial charge >= 0.3 is 0 Å². The molecule has 0 bridgehead atoms. The van der Waals surface area contributed by atoms with Gasteiger partial charge < -0.3 is 15.2 Å². The molecule has 2 N–H and O–H groups in total. The Bertz CT molecular complexity index is 341. The zero-order valence-corrected chi connectivity index (χ0v) is 11.3. The van der Waals surface area contributed by atoms with Crippen molar-refractivity contribution in [1.82, 2.24) is 5.32 Å². The average molecular weight is 276 g/mol. The fourth-order valence-electron chi connectivity index (χ4n) is 1.52. The van der Waals surface area contributed by atoms with E-state index in [0.29, 0.717) is 13.2 Å². The first-order chi connectivity index (χ1) is 8.24. The second-order valence-electron chi connectivity index (χ2n) is 4.47. The van der Waals surface area contributed by atoms with Gasteiger partial charge in [-0.2, -0.15) is 0 Å². The summed E-state index contributed by atoms with van der Waals surface area (Å²) in [5, 5.41) is 12.8. The predicted molar refractivity (Wildman–Crippen MR) is 70.6 cm³/mol. The van der Waals surface area contributed by atoms with Crippen molar-refractivity contribution in [1.29, 1.82) is 0 Å². The van der Waals surface area contributed by atoms with E-state index in [-0.39, 0.29) is 0 Å². The van der Waals surface area contributed by atoms with Crippen molar-refractivity contribution >= 4 is 22.9 Å². The fraction of sp³-hybridized carbons (Fsp3) is 0.667. The summed E-state index contributed by atoms with van der Waals surface area (Å²) in [6.45, 7) is 2.53. The third-order valence-electron chi connectivity index (χ3n) is 2.67. The molecule has 0 aromatic carbocycles. The number of nitrogens with one attached hydrogen (secondary N) is 1. The van der Waals surface area contributed by atoms with Gasteiger partial charge in [0.25, 0.3) is 0 Å². The minimum Gasteiger partial charge on any atom is -0.389 e. The van der Waals surface area contributed by atoms with E-state index in [2.05, 4.69) is 5.32 Å². The molecule has 0 amide bonds. The summed E-state index contributed by atoms with van der Waals surface area (Å²) in [4.78, 5) is 1.18.